The largest absolute Gasteiger partial charge is 0.462 e. The van der Waals surface area contributed by atoms with Crippen molar-refractivity contribution in [2.45, 2.75) is 13.6 Å². The highest BCUT2D eigenvalue weighted by Crippen LogP contribution is 2.16. The number of hydrogen-bond acceptors (Lipinski definition) is 5. The number of thiazole rings is 1. The Labute approximate surface area is 140 Å². The van der Waals surface area contributed by atoms with Crippen LogP contribution >= 0.6 is 11.3 Å². The second-order valence-corrected chi connectivity index (χ2v) is 6.54. The number of anilines is 1. The molecule has 0 amide bonds. The van der Waals surface area contributed by atoms with Gasteiger partial charge in [-0.15, -0.1) is 0 Å². The molecule has 0 fully saturated rings. The summed E-state index contributed by atoms with van der Waals surface area (Å²) in [4.78, 5) is 19.7. The van der Waals surface area contributed by atoms with Gasteiger partial charge in [0.05, 0.1) is 4.53 Å². The van der Waals surface area contributed by atoms with Crippen molar-refractivity contribution in [1.82, 2.24) is 4.57 Å². The average Bonchev–Trinajstić information content (AvgIpc) is 3.12. The maximum absolute atomic E-state index is 13.1. The van der Waals surface area contributed by atoms with Crippen LogP contribution in [0.5, 0.6) is 0 Å². The number of fused-ring (bicyclic) bond motifs is 1. The zero-order chi connectivity index (χ0) is 16.7. The quantitative estimate of drug-likeness (QED) is 0.713. The van der Waals surface area contributed by atoms with Gasteiger partial charge < -0.3 is 9.32 Å². The molecule has 2 aromatic heterocycles. The predicted molar refractivity (Wildman–Crippen MR) is 90.1 cm³/mol. The van der Waals surface area contributed by atoms with Crippen molar-refractivity contribution in [1.29, 1.82) is 0 Å². The average molecular weight is 343 g/mol. The number of hydrogen-bond donors (Lipinski definition) is 0. The molecule has 24 heavy (non-hydrogen) atoms. The van der Waals surface area contributed by atoms with Crippen LogP contribution in [-0.4, -0.2) is 11.2 Å². The lowest BCUT2D eigenvalue weighted by molar-refractivity contribution is 0.524. The molecule has 4 rings (SSSR count). The van der Waals surface area contributed by atoms with E-state index in [0.29, 0.717) is 28.4 Å². The highest BCUT2D eigenvalue weighted by Gasteiger charge is 2.16. The number of benzene rings is 1. The van der Waals surface area contributed by atoms with E-state index in [-0.39, 0.29) is 11.4 Å². The third kappa shape index (κ3) is 2.67. The minimum Gasteiger partial charge on any atom is -0.462 e. The van der Waals surface area contributed by atoms with Gasteiger partial charge >= 0.3 is 0 Å². The lowest BCUT2D eigenvalue weighted by atomic mass is 10.3. The fourth-order valence-electron chi connectivity index (χ4n) is 2.59. The van der Waals surface area contributed by atoms with Crippen molar-refractivity contribution in [3.05, 3.63) is 73.4 Å². The summed E-state index contributed by atoms with van der Waals surface area (Å²) in [7, 11) is 0. The predicted octanol–water partition coefficient (Wildman–Crippen LogP) is 1.83. The molecule has 0 saturated carbocycles. The van der Waals surface area contributed by atoms with Gasteiger partial charge in [-0.2, -0.15) is 0 Å². The molecule has 5 nitrogen and oxygen atoms in total. The summed E-state index contributed by atoms with van der Waals surface area (Å²) in [6, 6.07) is 9.87. The second kappa shape index (κ2) is 5.76. The van der Waals surface area contributed by atoms with Crippen molar-refractivity contribution in [2.24, 2.45) is 4.99 Å². The normalized spacial score (nSPS) is 14.6. The molecule has 7 heteroatoms. The first-order valence-electron chi connectivity index (χ1n) is 7.43. The Hall–Kier alpha value is -2.67. The van der Waals surface area contributed by atoms with Crippen LogP contribution in [0.1, 0.15) is 11.5 Å². The minimum atomic E-state index is -0.285. The Morgan fingerprint density at radius 1 is 1.25 bits per heavy atom. The molecule has 122 valence electrons. The van der Waals surface area contributed by atoms with Crippen LogP contribution in [0.4, 0.5) is 10.1 Å². The second-order valence-electron chi connectivity index (χ2n) is 5.53. The first-order valence-corrected chi connectivity index (χ1v) is 8.24. The van der Waals surface area contributed by atoms with Crippen molar-refractivity contribution in [2.75, 3.05) is 11.6 Å². The van der Waals surface area contributed by atoms with Crippen LogP contribution in [0.2, 0.25) is 0 Å². The lowest BCUT2D eigenvalue weighted by Crippen LogP contribution is -2.42. The minimum absolute atomic E-state index is 0.0976. The number of halogens is 1. The summed E-state index contributed by atoms with van der Waals surface area (Å²) in [5.74, 6) is 1.17. The standard InChI is InChI=1S/C17H14FN3O2S/c1-11-2-7-14(23-11)8-15-16(22)21-10-20(9-19-17(21)24-15)13-5-3-12(18)4-6-13/h2-8H,9-10H2,1H3/b15-8-. The van der Waals surface area contributed by atoms with Gasteiger partial charge in [0.1, 0.15) is 30.7 Å². The fourth-order valence-corrected chi connectivity index (χ4v) is 3.53. The molecule has 3 heterocycles. The molecular formula is C17H14FN3O2S. The van der Waals surface area contributed by atoms with Gasteiger partial charge in [-0.1, -0.05) is 11.3 Å². The molecule has 3 aromatic rings. The topological polar surface area (TPSA) is 50.7 Å². The van der Waals surface area contributed by atoms with Crippen LogP contribution in [0.3, 0.4) is 0 Å². The van der Waals surface area contributed by atoms with E-state index >= 15 is 0 Å². The van der Waals surface area contributed by atoms with Gasteiger partial charge in [-0.05, 0) is 43.3 Å². The molecule has 0 atom stereocenters. The molecule has 1 aliphatic rings. The molecule has 0 radical (unpaired) electrons. The molecule has 0 saturated heterocycles. The number of nitrogens with zero attached hydrogens (tertiary/aromatic N) is 3. The molecule has 0 unspecified atom stereocenters. The molecule has 1 aliphatic heterocycles. The maximum atomic E-state index is 13.1. The smallest absolute Gasteiger partial charge is 0.271 e. The molecule has 1 aromatic carbocycles. The van der Waals surface area contributed by atoms with E-state index in [0.717, 1.165) is 11.4 Å². The van der Waals surface area contributed by atoms with Gasteiger partial charge in [0.15, 0.2) is 4.80 Å². The van der Waals surface area contributed by atoms with Crippen LogP contribution in [0.15, 0.2) is 50.6 Å². The number of aromatic nitrogens is 1. The summed E-state index contributed by atoms with van der Waals surface area (Å²) < 4.78 is 20.8. The summed E-state index contributed by atoms with van der Waals surface area (Å²) >= 11 is 1.35. The Morgan fingerprint density at radius 2 is 2.04 bits per heavy atom. The molecule has 0 bridgehead atoms. The Morgan fingerprint density at radius 3 is 2.75 bits per heavy atom. The van der Waals surface area contributed by atoms with Crippen LogP contribution < -0.4 is 19.8 Å². The molecular weight excluding hydrogens is 329 g/mol. The van der Waals surface area contributed by atoms with Crippen LogP contribution in [-0.2, 0) is 6.67 Å². The molecule has 0 spiro atoms. The van der Waals surface area contributed by atoms with Gasteiger partial charge in [-0.3, -0.25) is 9.36 Å². The Balaban J connectivity index is 1.71. The van der Waals surface area contributed by atoms with Crippen molar-refractivity contribution < 1.29 is 8.81 Å². The zero-order valence-corrected chi connectivity index (χ0v) is 13.7. The van der Waals surface area contributed by atoms with E-state index in [9.17, 15) is 9.18 Å². The van der Waals surface area contributed by atoms with Gasteiger partial charge in [0.25, 0.3) is 5.56 Å². The van der Waals surface area contributed by atoms with Gasteiger partial charge in [-0.25, -0.2) is 9.38 Å². The number of furan rings is 1. The van der Waals surface area contributed by atoms with E-state index in [2.05, 4.69) is 4.99 Å². The zero-order valence-electron chi connectivity index (χ0n) is 12.9. The third-order valence-corrected chi connectivity index (χ3v) is 4.85. The maximum Gasteiger partial charge on any atom is 0.271 e. The van der Waals surface area contributed by atoms with Crippen molar-refractivity contribution >= 4 is 23.1 Å². The van der Waals surface area contributed by atoms with E-state index < -0.39 is 0 Å². The van der Waals surface area contributed by atoms with E-state index in [1.807, 2.05) is 24.0 Å². The summed E-state index contributed by atoms with van der Waals surface area (Å²) in [6.45, 7) is 2.69. The monoisotopic (exact) mass is 343 g/mol. The SMILES string of the molecule is Cc1ccc(/C=c2\sc3n(c2=O)CN(c2ccc(F)cc2)CN=3)o1. The highest BCUT2D eigenvalue weighted by molar-refractivity contribution is 7.07. The van der Waals surface area contributed by atoms with E-state index in [1.54, 1.807) is 22.8 Å². The Bertz CT molecular complexity index is 1060. The van der Waals surface area contributed by atoms with E-state index in [4.69, 9.17) is 4.42 Å². The third-order valence-electron chi connectivity index (χ3n) is 3.80. The number of aryl methyl sites for hydroxylation is 1. The molecule has 0 N–H and O–H groups in total. The highest BCUT2D eigenvalue weighted by atomic mass is 32.1. The van der Waals surface area contributed by atoms with Crippen molar-refractivity contribution in [3.63, 3.8) is 0 Å². The van der Waals surface area contributed by atoms with Gasteiger partial charge in [0.2, 0.25) is 0 Å². The fraction of sp³-hybridized carbons (Fsp3) is 0.176. The summed E-state index contributed by atoms with van der Waals surface area (Å²) in [5.41, 5.74) is 0.732. The first kappa shape index (κ1) is 14.9. The lowest BCUT2D eigenvalue weighted by Gasteiger charge is -2.25. The van der Waals surface area contributed by atoms with Crippen LogP contribution in [0, 0.1) is 12.7 Å². The summed E-state index contributed by atoms with van der Waals surface area (Å²) in [5, 5.41) is 0. The van der Waals surface area contributed by atoms with Crippen molar-refractivity contribution in [3.8, 4) is 0 Å². The first-order chi connectivity index (χ1) is 11.6. The van der Waals surface area contributed by atoms with E-state index in [1.165, 1.54) is 23.5 Å². The number of rotatable bonds is 2. The molecule has 0 aliphatic carbocycles. The Kier molecular flexibility index (Phi) is 3.57. The summed E-state index contributed by atoms with van der Waals surface area (Å²) in [6.07, 6.45) is 1.74. The van der Waals surface area contributed by atoms with Gasteiger partial charge in [0, 0.05) is 11.8 Å². The van der Waals surface area contributed by atoms with Crippen LogP contribution in [0.25, 0.3) is 6.08 Å².